The van der Waals surface area contributed by atoms with E-state index in [9.17, 15) is 0 Å². The Morgan fingerprint density at radius 2 is 0.798 bits per heavy atom. The molecule has 2 aliphatic heterocycles. The van der Waals surface area contributed by atoms with Gasteiger partial charge in [0.2, 0.25) is 0 Å². The minimum atomic E-state index is -0.0104. The second kappa shape index (κ2) is 20.4. The van der Waals surface area contributed by atoms with Gasteiger partial charge in [0.15, 0.2) is 17.5 Å². The smallest absolute Gasteiger partial charge is 0.252 e. The molecule has 3 aromatic heterocycles. The molecule has 16 aromatic rings. The molecule has 0 N–H and O–H groups in total. The second-order valence-corrected chi connectivity index (χ2v) is 23.0. The fraction of sp³-hybridized carbons (Fsp3) is 0. The number of furan rings is 1. The monoisotopic (exact) mass is 1130 g/mol. The van der Waals surface area contributed by atoms with Gasteiger partial charge in [-0.2, -0.15) is 0 Å². The van der Waals surface area contributed by atoms with Crippen LogP contribution >= 0.6 is 0 Å². The molecule has 8 heteroatoms. The summed E-state index contributed by atoms with van der Waals surface area (Å²) in [5.41, 5.74) is 24.7. The van der Waals surface area contributed by atoms with Crippen molar-refractivity contribution in [3.63, 3.8) is 0 Å². The number of aromatic nitrogens is 4. The van der Waals surface area contributed by atoms with Gasteiger partial charge < -0.3 is 18.8 Å². The highest BCUT2D eigenvalue weighted by Gasteiger charge is 2.44. The van der Waals surface area contributed by atoms with Crippen LogP contribution in [0.4, 0.5) is 34.1 Å². The molecule has 0 saturated carbocycles. The van der Waals surface area contributed by atoms with E-state index < -0.39 is 0 Å². The van der Waals surface area contributed by atoms with Crippen LogP contribution in [0, 0.1) is 0 Å². The molecule has 5 heterocycles. The van der Waals surface area contributed by atoms with Crippen LogP contribution < -0.4 is 26.2 Å². The van der Waals surface area contributed by atoms with E-state index in [-0.39, 0.29) is 6.71 Å². The SMILES string of the molecule is c1ccc(-c2nc(-c3ccccc3)nc(-c3cccc(-c4cccc(-c5cccc(-c6ccc7c8c6N(c6ccccc6)c6ccccc6B8c6ccccc6N7c6ccccc6)c5)c4)c3-n3c4ccccc4c4c5oc6ccccc6c5ccc43)n2)cc1. The first-order chi connectivity index (χ1) is 44.2. The zero-order valence-electron chi connectivity index (χ0n) is 48.1. The molecule has 2 aliphatic rings. The molecule has 13 aromatic carbocycles. The lowest BCUT2D eigenvalue weighted by Crippen LogP contribution is -2.61. The van der Waals surface area contributed by atoms with Crippen LogP contribution in [0.5, 0.6) is 0 Å². The summed E-state index contributed by atoms with van der Waals surface area (Å²) in [7, 11) is 0. The highest BCUT2D eigenvalue weighted by Crippen LogP contribution is 2.50. The Labute approximate surface area is 514 Å². The van der Waals surface area contributed by atoms with Crippen molar-refractivity contribution in [3.05, 3.63) is 309 Å². The summed E-state index contributed by atoms with van der Waals surface area (Å²) in [6.45, 7) is -0.0104. The largest absolute Gasteiger partial charge is 0.455 e. The van der Waals surface area contributed by atoms with Crippen LogP contribution in [0.3, 0.4) is 0 Å². The molecular weight excluding hydrogens is 1080 g/mol. The number of hydrogen-bond acceptors (Lipinski definition) is 6. The van der Waals surface area contributed by atoms with Gasteiger partial charge in [-0.1, -0.05) is 224 Å². The predicted octanol–water partition coefficient (Wildman–Crippen LogP) is 19.0. The van der Waals surface area contributed by atoms with Crippen LogP contribution in [-0.2, 0) is 0 Å². The molecule has 0 unspecified atom stereocenters. The van der Waals surface area contributed by atoms with Crippen molar-refractivity contribution in [2.45, 2.75) is 0 Å². The van der Waals surface area contributed by atoms with Gasteiger partial charge in [0.05, 0.1) is 27.8 Å². The Morgan fingerprint density at radius 3 is 1.46 bits per heavy atom. The number of hydrogen-bond donors (Lipinski definition) is 0. The number of benzene rings is 13. The molecule has 414 valence electrons. The first-order valence-electron chi connectivity index (χ1n) is 30.3. The average molecular weight is 1140 g/mol. The summed E-state index contributed by atoms with van der Waals surface area (Å²) in [4.78, 5) is 20.9. The summed E-state index contributed by atoms with van der Waals surface area (Å²) >= 11 is 0. The molecule has 7 nitrogen and oxygen atoms in total. The van der Waals surface area contributed by atoms with Gasteiger partial charge in [-0.3, -0.25) is 0 Å². The summed E-state index contributed by atoms with van der Waals surface area (Å²) in [5, 5.41) is 4.30. The van der Waals surface area contributed by atoms with Crippen molar-refractivity contribution in [2.75, 3.05) is 9.80 Å². The third-order valence-electron chi connectivity index (χ3n) is 18.0. The normalized spacial score (nSPS) is 12.4. The zero-order valence-corrected chi connectivity index (χ0v) is 48.1. The van der Waals surface area contributed by atoms with Gasteiger partial charge in [0.1, 0.15) is 11.2 Å². The van der Waals surface area contributed by atoms with Crippen LogP contribution in [0.15, 0.2) is 314 Å². The molecule has 0 radical (unpaired) electrons. The molecule has 18 rings (SSSR count). The third-order valence-corrected chi connectivity index (χ3v) is 18.0. The van der Waals surface area contributed by atoms with E-state index in [1.807, 2.05) is 42.5 Å². The summed E-state index contributed by atoms with van der Waals surface area (Å²) in [5.74, 6) is 1.75. The van der Waals surface area contributed by atoms with Crippen molar-refractivity contribution < 1.29 is 4.42 Å². The van der Waals surface area contributed by atoms with Crippen molar-refractivity contribution in [1.82, 2.24) is 19.5 Å². The molecule has 0 fully saturated rings. The van der Waals surface area contributed by atoms with E-state index in [1.54, 1.807) is 0 Å². The van der Waals surface area contributed by atoms with Gasteiger partial charge in [-0.05, 0) is 124 Å². The van der Waals surface area contributed by atoms with Crippen molar-refractivity contribution in [2.24, 2.45) is 0 Å². The molecule has 0 spiro atoms. The first kappa shape index (κ1) is 50.5. The number of anilines is 6. The highest BCUT2D eigenvalue weighted by molar-refractivity contribution is 7.00. The average Bonchev–Trinajstić information content (AvgIpc) is 1.67. The van der Waals surface area contributed by atoms with Gasteiger partial charge in [-0.15, -0.1) is 0 Å². The lowest BCUT2D eigenvalue weighted by atomic mass is 9.33. The maximum absolute atomic E-state index is 6.87. The molecule has 0 atom stereocenters. The third kappa shape index (κ3) is 8.04. The Hall–Kier alpha value is -11.9. The lowest BCUT2D eigenvalue weighted by Gasteiger charge is -2.45. The maximum atomic E-state index is 6.87. The van der Waals surface area contributed by atoms with Crippen LogP contribution in [0.2, 0.25) is 0 Å². The number of rotatable bonds is 9. The molecule has 0 amide bonds. The van der Waals surface area contributed by atoms with E-state index in [4.69, 9.17) is 19.4 Å². The van der Waals surface area contributed by atoms with Gasteiger partial charge >= 0.3 is 0 Å². The van der Waals surface area contributed by atoms with E-state index in [2.05, 4.69) is 281 Å². The first-order valence-corrected chi connectivity index (χ1v) is 30.3. The fourth-order valence-electron chi connectivity index (χ4n) is 14.2. The van der Waals surface area contributed by atoms with E-state index in [0.29, 0.717) is 17.5 Å². The summed E-state index contributed by atoms with van der Waals surface area (Å²) < 4.78 is 9.28. The molecule has 0 saturated heterocycles. The second-order valence-electron chi connectivity index (χ2n) is 23.0. The molecule has 89 heavy (non-hydrogen) atoms. The van der Waals surface area contributed by atoms with Crippen LogP contribution in [-0.4, -0.2) is 26.2 Å². The summed E-state index contributed by atoms with van der Waals surface area (Å²) in [6.07, 6.45) is 0. The van der Waals surface area contributed by atoms with E-state index in [1.165, 1.54) is 39.1 Å². The Kier molecular flexibility index (Phi) is 11.6. The van der Waals surface area contributed by atoms with Gasteiger partial charge in [-0.25, -0.2) is 15.0 Å². The van der Waals surface area contributed by atoms with Crippen molar-refractivity contribution in [1.29, 1.82) is 0 Å². The minimum absolute atomic E-state index is 0.0104. The Morgan fingerprint density at radius 1 is 0.303 bits per heavy atom. The highest BCUT2D eigenvalue weighted by atomic mass is 16.3. The van der Waals surface area contributed by atoms with Gasteiger partial charge in [0.25, 0.3) is 6.71 Å². The summed E-state index contributed by atoms with van der Waals surface area (Å²) in [6, 6.07) is 111. The van der Waals surface area contributed by atoms with Crippen molar-refractivity contribution >= 4 is 101 Å². The van der Waals surface area contributed by atoms with E-state index in [0.717, 1.165) is 111 Å². The fourth-order valence-corrected chi connectivity index (χ4v) is 14.2. The van der Waals surface area contributed by atoms with Crippen LogP contribution in [0.1, 0.15) is 0 Å². The number of nitrogens with zero attached hydrogens (tertiary/aromatic N) is 6. The Bertz CT molecular complexity index is 5400. The molecule has 0 aliphatic carbocycles. The van der Waals surface area contributed by atoms with E-state index >= 15 is 0 Å². The standard InChI is InChI=1S/C81H51BN6O/c1-5-24-52(25-6-1)79-83-80(53-26-7-2-8-27-53)85-81(84-79)65-39-23-38-60(76(65)88-68-42-17-13-37-64(68)74-71(88)48-47-63-62-36-14-20-45-73(62)89-78(63)74)56-30-21-28-54(50-56)55-29-22-31-57(51-55)61-46-49-72-75-77(61)87(59-34-11-4-12-35-59)70-44-19-16-41-67(70)82(75)66-40-15-18-43-69(66)86(72)58-32-9-3-10-33-58/h1-51H. The van der Waals surface area contributed by atoms with Crippen LogP contribution in [0.25, 0.3) is 117 Å². The zero-order chi connectivity index (χ0) is 58.5. The minimum Gasteiger partial charge on any atom is -0.455 e. The van der Waals surface area contributed by atoms with Gasteiger partial charge in [0, 0.05) is 72.4 Å². The predicted molar refractivity (Wildman–Crippen MR) is 368 cm³/mol. The number of fused-ring (bicyclic) bond motifs is 11. The van der Waals surface area contributed by atoms with Crippen molar-refractivity contribution in [3.8, 4) is 73.2 Å². The lowest BCUT2D eigenvalue weighted by molar-refractivity contribution is 0.673. The molecular formula is C81H51BN6O. The Balaban J connectivity index is 0.854. The topological polar surface area (TPSA) is 63.2 Å². The number of para-hydroxylation sites is 7. The molecule has 0 bridgehead atoms. The maximum Gasteiger partial charge on any atom is 0.252 e. The quantitative estimate of drug-likeness (QED) is 0.134.